The van der Waals surface area contributed by atoms with Crippen molar-refractivity contribution < 1.29 is 41.8 Å². The molecule has 0 aromatic heterocycles. The van der Waals surface area contributed by atoms with Crippen molar-refractivity contribution in [2.45, 2.75) is 26.9 Å². The highest BCUT2D eigenvalue weighted by atomic mass is 19.4. The van der Waals surface area contributed by atoms with Gasteiger partial charge in [0.15, 0.2) is 0 Å². The van der Waals surface area contributed by atoms with Crippen molar-refractivity contribution in [2.75, 3.05) is 13.2 Å². The summed E-state index contributed by atoms with van der Waals surface area (Å²) >= 11 is 0. The van der Waals surface area contributed by atoms with Crippen LogP contribution in [-0.2, 0) is 25.2 Å². The van der Waals surface area contributed by atoms with E-state index in [1.165, 1.54) is 0 Å². The van der Waals surface area contributed by atoms with E-state index in [2.05, 4.69) is 4.74 Å². The van der Waals surface area contributed by atoms with Gasteiger partial charge in [-0.25, -0.2) is 4.79 Å². The predicted octanol–water partition coefficient (Wildman–Crippen LogP) is 2.99. The molecule has 0 aliphatic rings. The molecule has 9 heteroatoms. The van der Waals surface area contributed by atoms with Gasteiger partial charge in [-0.1, -0.05) is 13.8 Å². The van der Waals surface area contributed by atoms with Gasteiger partial charge in [0.2, 0.25) is 0 Å². The molecule has 0 heterocycles. The summed E-state index contributed by atoms with van der Waals surface area (Å²) in [6.45, 7) is 3.74. The minimum atomic E-state index is -4.66. The van der Waals surface area contributed by atoms with E-state index in [1.807, 2.05) is 0 Å². The smallest absolute Gasteiger partial charge is 0.416 e. The molecule has 0 N–H and O–H groups in total. The molecule has 0 atom stereocenters. The first-order valence-corrected chi connectivity index (χ1v) is 7.25. The number of carbonyl (C=O) groups excluding carboxylic acids is 3. The molecule has 0 saturated heterocycles. The molecule has 0 radical (unpaired) electrons. The van der Waals surface area contributed by atoms with Crippen molar-refractivity contribution in [1.29, 1.82) is 0 Å². The summed E-state index contributed by atoms with van der Waals surface area (Å²) in [4.78, 5) is 34.2. The fraction of sp³-hybridized carbons (Fsp3) is 0.438. The standard InChI is InChI=1S/C16H17F3O6/c1-9(2)14(21)23-6-7-24-15(22)12-5-4-11(16(17,18)19)8-13(12)25-10(3)20/h4-5,8-9H,6-7H2,1-3H3. The predicted molar refractivity (Wildman–Crippen MR) is 78.8 cm³/mol. The molecular formula is C16H17F3O6. The first-order chi connectivity index (χ1) is 11.5. The summed E-state index contributed by atoms with van der Waals surface area (Å²) in [6.07, 6.45) is -4.66. The molecule has 0 unspecified atom stereocenters. The van der Waals surface area contributed by atoms with Crippen LogP contribution in [0.5, 0.6) is 5.75 Å². The lowest BCUT2D eigenvalue weighted by Gasteiger charge is -2.13. The molecule has 138 valence electrons. The van der Waals surface area contributed by atoms with E-state index in [1.54, 1.807) is 13.8 Å². The highest BCUT2D eigenvalue weighted by Crippen LogP contribution is 2.33. The van der Waals surface area contributed by atoms with E-state index in [-0.39, 0.29) is 24.7 Å². The lowest BCUT2D eigenvalue weighted by molar-refractivity contribution is -0.148. The molecule has 0 saturated carbocycles. The second kappa shape index (κ2) is 8.50. The summed E-state index contributed by atoms with van der Waals surface area (Å²) in [7, 11) is 0. The number of hydrogen-bond acceptors (Lipinski definition) is 6. The fourth-order valence-electron chi connectivity index (χ4n) is 1.63. The molecular weight excluding hydrogens is 345 g/mol. The number of benzene rings is 1. The monoisotopic (exact) mass is 362 g/mol. The first-order valence-electron chi connectivity index (χ1n) is 7.25. The second-order valence-electron chi connectivity index (χ2n) is 5.26. The van der Waals surface area contributed by atoms with Crippen molar-refractivity contribution in [3.05, 3.63) is 29.3 Å². The topological polar surface area (TPSA) is 78.9 Å². The zero-order valence-corrected chi connectivity index (χ0v) is 13.8. The van der Waals surface area contributed by atoms with E-state index in [0.717, 1.165) is 13.0 Å². The lowest BCUT2D eigenvalue weighted by atomic mass is 10.1. The van der Waals surface area contributed by atoms with Crippen molar-refractivity contribution >= 4 is 17.9 Å². The molecule has 1 aromatic rings. The SMILES string of the molecule is CC(=O)Oc1cc(C(F)(F)F)ccc1C(=O)OCCOC(=O)C(C)C. The van der Waals surface area contributed by atoms with E-state index in [9.17, 15) is 27.6 Å². The van der Waals surface area contributed by atoms with Crippen molar-refractivity contribution in [2.24, 2.45) is 5.92 Å². The van der Waals surface area contributed by atoms with Crippen LogP contribution >= 0.6 is 0 Å². The lowest BCUT2D eigenvalue weighted by Crippen LogP contribution is -2.18. The van der Waals surface area contributed by atoms with Crippen LogP contribution in [0, 0.1) is 5.92 Å². The molecule has 6 nitrogen and oxygen atoms in total. The number of carbonyl (C=O) groups is 3. The molecule has 0 amide bonds. The van der Waals surface area contributed by atoms with Crippen LogP contribution < -0.4 is 4.74 Å². The normalized spacial score (nSPS) is 11.2. The Bertz CT molecular complexity index is 652. The highest BCUT2D eigenvalue weighted by Gasteiger charge is 2.32. The van der Waals surface area contributed by atoms with Crippen LogP contribution in [0.15, 0.2) is 18.2 Å². The van der Waals surface area contributed by atoms with Gasteiger partial charge in [-0.05, 0) is 18.2 Å². The largest absolute Gasteiger partial charge is 0.462 e. The maximum absolute atomic E-state index is 12.7. The number of ether oxygens (including phenoxy) is 3. The summed E-state index contributed by atoms with van der Waals surface area (Å²) in [5.41, 5.74) is -1.43. The second-order valence-corrected chi connectivity index (χ2v) is 5.26. The van der Waals surface area contributed by atoms with Crippen LogP contribution in [0.3, 0.4) is 0 Å². The maximum atomic E-state index is 12.7. The van der Waals surface area contributed by atoms with E-state index < -0.39 is 35.4 Å². The van der Waals surface area contributed by atoms with E-state index in [4.69, 9.17) is 9.47 Å². The van der Waals surface area contributed by atoms with Gasteiger partial charge >= 0.3 is 24.1 Å². The Balaban J connectivity index is 2.82. The Morgan fingerprint density at radius 3 is 2.20 bits per heavy atom. The summed E-state index contributed by atoms with van der Waals surface area (Å²) in [5.74, 6) is -3.29. The minimum absolute atomic E-state index is 0.202. The summed E-state index contributed by atoms with van der Waals surface area (Å²) in [5, 5.41) is 0. The van der Waals surface area contributed by atoms with Crippen LogP contribution in [0.4, 0.5) is 13.2 Å². The number of alkyl halides is 3. The van der Waals surface area contributed by atoms with Gasteiger partial charge in [-0.2, -0.15) is 13.2 Å². The highest BCUT2D eigenvalue weighted by molar-refractivity contribution is 5.93. The van der Waals surface area contributed by atoms with Gasteiger partial charge < -0.3 is 14.2 Å². The Morgan fingerprint density at radius 1 is 1.08 bits per heavy atom. The van der Waals surface area contributed by atoms with Crippen molar-refractivity contribution in [1.82, 2.24) is 0 Å². The first kappa shape index (κ1) is 20.5. The third-order valence-corrected chi connectivity index (χ3v) is 2.81. The molecule has 1 rings (SSSR count). The van der Waals surface area contributed by atoms with E-state index >= 15 is 0 Å². The zero-order chi connectivity index (χ0) is 19.2. The Kier molecular flexibility index (Phi) is 6.96. The third kappa shape index (κ3) is 6.44. The van der Waals surface area contributed by atoms with Gasteiger partial charge in [0.05, 0.1) is 11.5 Å². The Morgan fingerprint density at radius 2 is 1.68 bits per heavy atom. The van der Waals surface area contributed by atoms with Crippen LogP contribution in [0.25, 0.3) is 0 Å². The number of esters is 3. The van der Waals surface area contributed by atoms with Crippen LogP contribution in [0.1, 0.15) is 36.7 Å². The zero-order valence-electron chi connectivity index (χ0n) is 13.8. The molecule has 0 aliphatic heterocycles. The van der Waals surface area contributed by atoms with Gasteiger partial charge in [0, 0.05) is 6.92 Å². The van der Waals surface area contributed by atoms with Gasteiger partial charge in [-0.3, -0.25) is 9.59 Å². The molecule has 25 heavy (non-hydrogen) atoms. The third-order valence-electron chi connectivity index (χ3n) is 2.81. The summed E-state index contributed by atoms with van der Waals surface area (Å²) < 4.78 is 52.4. The van der Waals surface area contributed by atoms with Crippen molar-refractivity contribution in [3.8, 4) is 5.75 Å². The quantitative estimate of drug-likeness (QED) is 0.440. The minimum Gasteiger partial charge on any atom is -0.462 e. The molecule has 0 fully saturated rings. The van der Waals surface area contributed by atoms with Gasteiger partial charge in [0.1, 0.15) is 24.5 Å². The molecule has 1 aromatic carbocycles. The van der Waals surface area contributed by atoms with E-state index in [0.29, 0.717) is 12.1 Å². The van der Waals surface area contributed by atoms with Gasteiger partial charge in [-0.15, -0.1) is 0 Å². The van der Waals surface area contributed by atoms with Crippen LogP contribution in [-0.4, -0.2) is 31.1 Å². The number of rotatable bonds is 6. The average Bonchev–Trinajstić information content (AvgIpc) is 2.49. The molecule has 0 spiro atoms. The van der Waals surface area contributed by atoms with Crippen molar-refractivity contribution in [3.63, 3.8) is 0 Å². The molecule has 0 bridgehead atoms. The van der Waals surface area contributed by atoms with Gasteiger partial charge in [0.25, 0.3) is 0 Å². The number of halogens is 3. The molecule has 0 aliphatic carbocycles. The Labute approximate surface area is 141 Å². The Hall–Kier alpha value is -2.58. The summed E-state index contributed by atoms with van der Waals surface area (Å²) in [6, 6.07) is 2.06. The maximum Gasteiger partial charge on any atom is 0.416 e. The number of hydrogen-bond donors (Lipinski definition) is 0. The van der Waals surface area contributed by atoms with Crippen LogP contribution in [0.2, 0.25) is 0 Å². The fourth-order valence-corrected chi connectivity index (χ4v) is 1.63. The average molecular weight is 362 g/mol.